The molecule has 1 aromatic carbocycles. The Hall–Kier alpha value is -2.47. The predicted molar refractivity (Wildman–Crippen MR) is 90.6 cm³/mol. The Morgan fingerprint density at radius 2 is 1.96 bits per heavy atom. The summed E-state index contributed by atoms with van der Waals surface area (Å²) in [5, 5.41) is 2.09. The number of pyridine rings is 2. The lowest BCUT2D eigenvalue weighted by Crippen LogP contribution is -2.07. The molecule has 0 bridgehead atoms. The SMILES string of the molecule is COC(=O)c1ncc(-c2cc3cccc(Br)c3cn2)cc1OC. The first-order chi connectivity index (χ1) is 11.1. The zero-order valence-electron chi connectivity index (χ0n) is 12.5. The second kappa shape index (κ2) is 6.34. The van der Waals surface area contributed by atoms with E-state index in [2.05, 4.69) is 25.9 Å². The van der Waals surface area contributed by atoms with E-state index < -0.39 is 5.97 Å². The summed E-state index contributed by atoms with van der Waals surface area (Å²) in [6.07, 6.45) is 3.39. The van der Waals surface area contributed by atoms with E-state index in [1.807, 2.05) is 24.3 Å². The number of methoxy groups -OCH3 is 2. The number of ether oxygens (including phenoxy) is 2. The van der Waals surface area contributed by atoms with Gasteiger partial charge in [0.2, 0.25) is 0 Å². The van der Waals surface area contributed by atoms with Gasteiger partial charge in [-0.2, -0.15) is 0 Å². The number of hydrogen-bond donors (Lipinski definition) is 0. The van der Waals surface area contributed by atoms with Crippen molar-refractivity contribution in [1.29, 1.82) is 0 Å². The number of rotatable bonds is 3. The van der Waals surface area contributed by atoms with Crippen molar-refractivity contribution in [2.75, 3.05) is 14.2 Å². The lowest BCUT2D eigenvalue weighted by atomic mass is 10.1. The number of hydrogen-bond acceptors (Lipinski definition) is 5. The highest BCUT2D eigenvalue weighted by Gasteiger charge is 2.16. The first-order valence-corrected chi connectivity index (χ1v) is 7.60. The molecule has 0 aliphatic carbocycles. The average molecular weight is 373 g/mol. The molecule has 0 aliphatic heterocycles. The number of carbonyl (C=O) groups excluding carboxylic acids is 1. The van der Waals surface area contributed by atoms with E-state index in [4.69, 9.17) is 9.47 Å². The fourth-order valence-electron chi connectivity index (χ4n) is 2.28. The van der Waals surface area contributed by atoms with Crippen LogP contribution in [-0.4, -0.2) is 30.2 Å². The fourth-order valence-corrected chi connectivity index (χ4v) is 2.77. The van der Waals surface area contributed by atoms with Gasteiger partial charge in [0.05, 0.1) is 19.9 Å². The number of nitrogens with zero attached hydrogens (tertiary/aromatic N) is 2. The van der Waals surface area contributed by atoms with E-state index in [1.165, 1.54) is 14.2 Å². The standard InChI is InChI=1S/C17H13BrN2O3/c1-22-15-7-11(8-20-16(15)17(21)23-2)14-6-10-4-3-5-13(18)12(10)9-19-14/h3-9H,1-2H3. The Morgan fingerprint density at radius 1 is 1.13 bits per heavy atom. The minimum absolute atomic E-state index is 0.141. The molecule has 0 unspecified atom stereocenters. The van der Waals surface area contributed by atoms with Crippen molar-refractivity contribution in [1.82, 2.24) is 9.97 Å². The van der Waals surface area contributed by atoms with Gasteiger partial charge in [-0.15, -0.1) is 0 Å². The summed E-state index contributed by atoms with van der Waals surface area (Å²) in [7, 11) is 2.79. The molecule has 2 heterocycles. The van der Waals surface area contributed by atoms with Crippen molar-refractivity contribution in [3.8, 4) is 17.0 Å². The van der Waals surface area contributed by atoms with E-state index >= 15 is 0 Å². The largest absolute Gasteiger partial charge is 0.494 e. The zero-order chi connectivity index (χ0) is 16.4. The number of halogens is 1. The number of benzene rings is 1. The summed E-state index contributed by atoms with van der Waals surface area (Å²) >= 11 is 3.51. The van der Waals surface area contributed by atoms with Gasteiger partial charge in [0, 0.05) is 27.8 Å². The molecule has 3 rings (SSSR count). The van der Waals surface area contributed by atoms with Gasteiger partial charge < -0.3 is 9.47 Å². The molecule has 116 valence electrons. The van der Waals surface area contributed by atoms with Crippen LogP contribution in [0.3, 0.4) is 0 Å². The molecule has 3 aromatic rings. The smallest absolute Gasteiger partial charge is 0.360 e. The predicted octanol–water partition coefficient (Wildman–Crippen LogP) is 3.85. The van der Waals surface area contributed by atoms with Crippen molar-refractivity contribution < 1.29 is 14.3 Å². The number of esters is 1. The maximum Gasteiger partial charge on any atom is 0.360 e. The van der Waals surface area contributed by atoms with E-state index in [0.717, 1.165) is 26.5 Å². The minimum atomic E-state index is -0.538. The van der Waals surface area contributed by atoms with Crippen LogP contribution in [0.15, 0.2) is 47.2 Å². The van der Waals surface area contributed by atoms with Gasteiger partial charge in [-0.25, -0.2) is 9.78 Å². The quantitative estimate of drug-likeness (QED) is 0.653. The molecule has 0 atom stereocenters. The third-order valence-corrected chi connectivity index (χ3v) is 4.15. The number of carbonyl (C=O) groups is 1. The molecule has 5 nitrogen and oxygen atoms in total. The highest BCUT2D eigenvalue weighted by Crippen LogP contribution is 2.29. The second-order valence-electron chi connectivity index (χ2n) is 4.80. The molecule has 2 aromatic heterocycles. The van der Waals surface area contributed by atoms with Gasteiger partial charge in [-0.1, -0.05) is 28.1 Å². The zero-order valence-corrected chi connectivity index (χ0v) is 14.1. The third kappa shape index (κ3) is 2.90. The third-order valence-electron chi connectivity index (χ3n) is 3.46. The van der Waals surface area contributed by atoms with Crippen molar-refractivity contribution in [2.45, 2.75) is 0 Å². The van der Waals surface area contributed by atoms with Crippen LogP contribution in [0.1, 0.15) is 10.5 Å². The van der Waals surface area contributed by atoms with Crippen LogP contribution in [0.5, 0.6) is 5.75 Å². The van der Waals surface area contributed by atoms with Crippen LogP contribution in [0.25, 0.3) is 22.0 Å². The van der Waals surface area contributed by atoms with E-state index in [-0.39, 0.29) is 5.69 Å². The van der Waals surface area contributed by atoms with Gasteiger partial charge >= 0.3 is 5.97 Å². The van der Waals surface area contributed by atoms with Gasteiger partial charge in [-0.3, -0.25) is 4.98 Å². The fraction of sp³-hybridized carbons (Fsp3) is 0.118. The monoisotopic (exact) mass is 372 g/mol. The lowest BCUT2D eigenvalue weighted by Gasteiger charge is -2.09. The van der Waals surface area contributed by atoms with Crippen molar-refractivity contribution in [2.24, 2.45) is 0 Å². The normalized spacial score (nSPS) is 10.6. The van der Waals surface area contributed by atoms with E-state index in [9.17, 15) is 4.79 Å². The van der Waals surface area contributed by atoms with Crippen LogP contribution in [0, 0.1) is 0 Å². The molecular formula is C17H13BrN2O3. The molecule has 0 amide bonds. The molecule has 0 radical (unpaired) electrons. The van der Waals surface area contributed by atoms with Gasteiger partial charge in [0.25, 0.3) is 0 Å². The number of aromatic nitrogens is 2. The molecular weight excluding hydrogens is 360 g/mol. The summed E-state index contributed by atoms with van der Waals surface area (Å²) < 4.78 is 10.9. The van der Waals surface area contributed by atoms with Crippen LogP contribution >= 0.6 is 15.9 Å². The topological polar surface area (TPSA) is 61.3 Å². The van der Waals surface area contributed by atoms with E-state index in [0.29, 0.717) is 5.75 Å². The Morgan fingerprint density at radius 3 is 2.70 bits per heavy atom. The molecule has 0 saturated heterocycles. The van der Waals surface area contributed by atoms with Gasteiger partial charge in [-0.05, 0) is 23.6 Å². The van der Waals surface area contributed by atoms with E-state index in [1.54, 1.807) is 18.5 Å². The van der Waals surface area contributed by atoms with Crippen molar-refractivity contribution in [3.63, 3.8) is 0 Å². The van der Waals surface area contributed by atoms with Crippen molar-refractivity contribution >= 4 is 32.7 Å². The minimum Gasteiger partial charge on any atom is -0.494 e. The van der Waals surface area contributed by atoms with Crippen LogP contribution in [-0.2, 0) is 4.74 Å². The van der Waals surface area contributed by atoms with Gasteiger partial charge in [0.15, 0.2) is 11.4 Å². The average Bonchev–Trinajstić information content (AvgIpc) is 2.60. The number of fused-ring (bicyclic) bond motifs is 1. The Kier molecular flexibility index (Phi) is 4.25. The Bertz CT molecular complexity index is 896. The summed E-state index contributed by atoms with van der Waals surface area (Å²) in [5.74, 6) is -0.186. The molecule has 0 N–H and O–H groups in total. The molecule has 0 fully saturated rings. The Labute approximate surface area is 141 Å². The molecule has 0 saturated carbocycles. The summed E-state index contributed by atoms with van der Waals surface area (Å²) in [6, 6.07) is 9.65. The molecule has 0 aliphatic rings. The maximum atomic E-state index is 11.7. The highest BCUT2D eigenvalue weighted by molar-refractivity contribution is 9.10. The summed E-state index contributed by atoms with van der Waals surface area (Å²) in [4.78, 5) is 20.3. The summed E-state index contributed by atoms with van der Waals surface area (Å²) in [6.45, 7) is 0. The second-order valence-corrected chi connectivity index (χ2v) is 5.65. The lowest BCUT2D eigenvalue weighted by molar-refractivity contribution is 0.0590. The molecule has 0 spiro atoms. The molecule has 6 heteroatoms. The van der Waals surface area contributed by atoms with Crippen LogP contribution in [0.2, 0.25) is 0 Å². The van der Waals surface area contributed by atoms with Crippen LogP contribution in [0.4, 0.5) is 0 Å². The maximum absolute atomic E-state index is 11.7. The molecule has 23 heavy (non-hydrogen) atoms. The Balaban J connectivity index is 2.10. The van der Waals surface area contributed by atoms with Crippen LogP contribution < -0.4 is 4.74 Å². The summed E-state index contributed by atoms with van der Waals surface area (Å²) in [5.41, 5.74) is 1.65. The van der Waals surface area contributed by atoms with Gasteiger partial charge in [0.1, 0.15) is 0 Å². The first-order valence-electron chi connectivity index (χ1n) is 6.81. The van der Waals surface area contributed by atoms with Crippen molar-refractivity contribution in [3.05, 3.63) is 52.9 Å². The first kappa shape index (κ1) is 15.4. The highest BCUT2D eigenvalue weighted by atomic mass is 79.9.